The largest absolute Gasteiger partial charge is 0.335 e. The molecule has 4 rings (SSSR count). The van der Waals surface area contributed by atoms with Gasteiger partial charge in [0.1, 0.15) is 10.8 Å². The van der Waals surface area contributed by atoms with Gasteiger partial charge in [-0.15, -0.1) is 0 Å². The van der Waals surface area contributed by atoms with Gasteiger partial charge in [-0.3, -0.25) is 4.79 Å². The predicted octanol–water partition coefficient (Wildman–Crippen LogP) is 5.58. The molecule has 0 radical (unpaired) electrons. The Morgan fingerprint density at radius 3 is 2.64 bits per heavy atom. The third-order valence-electron chi connectivity index (χ3n) is 6.22. The summed E-state index contributed by atoms with van der Waals surface area (Å²) < 4.78 is 38.8. The Morgan fingerprint density at radius 1 is 1.19 bits per heavy atom. The van der Waals surface area contributed by atoms with Crippen molar-refractivity contribution in [3.8, 4) is 0 Å². The molecule has 2 aromatic carbocycles. The van der Waals surface area contributed by atoms with Crippen LogP contribution in [0.15, 0.2) is 47.5 Å². The Balaban J connectivity index is 1.69. The number of halogens is 2. The maximum atomic E-state index is 14.5. The van der Waals surface area contributed by atoms with Crippen molar-refractivity contribution in [2.45, 2.75) is 43.9 Å². The fourth-order valence-electron chi connectivity index (χ4n) is 4.27. The first-order valence-electron chi connectivity index (χ1n) is 11.4. The molecule has 2 N–H and O–H groups in total. The lowest BCUT2D eigenvalue weighted by atomic mass is 9.80. The third-order valence-corrected chi connectivity index (χ3v) is 7.63. The Hall–Kier alpha value is -3.24. The number of hydrogen-bond donors (Lipinski definition) is 2. The van der Waals surface area contributed by atoms with E-state index in [1.165, 1.54) is 18.3 Å². The highest BCUT2D eigenvalue weighted by Gasteiger charge is 2.32. The van der Waals surface area contributed by atoms with Gasteiger partial charge in [0.15, 0.2) is 15.7 Å². The highest BCUT2D eigenvalue weighted by molar-refractivity contribution is 7.90. The minimum atomic E-state index is -3.72. The Kier molecular flexibility index (Phi) is 6.94. The number of carbonyl (C=O) groups is 1. The van der Waals surface area contributed by atoms with Gasteiger partial charge in [-0.1, -0.05) is 37.6 Å². The second kappa shape index (κ2) is 9.67. The number of nitrogens with zero attached hydrogens (tertiary/aromatic N) is 3. The van der Waals surface area contributed by atoms with E-state index in [1.807, 2.05) is 25.1 Å². The van der Waals surface area contributed by atoms with Crippen molar-refractivity contribution in [2.75, 3.05) is 28.3 Å². The van der Waals surface area contributed by atoms with E-state index in [4.69, 9.17) is 11.6 Å². The first-order chi connectivity index (χ1) is 16.9. The van der Waals surface area contributed by atoms with E-state index in [-0.39, 0.29) is 38.7 Å². The van der Waals surface area contributed by atoms with E-state index in [0.717, 1.165) is 30.0 Å². The average Bonchev–Trinajstić information content (AvgIpc) is 2.90. The van der Waals surface area contributed by atoms with Crippen molar-refractivity contribution in [2.24, 2.45) is 0 Å². The molecule has 0 atom stereocenters. The van der Waals surface area contributed by atoms with Crippen molar-refractivity contribution < 1.29 is 17.6 Å². The van der Waals surface area contributed by atoms with Crippen molar-refractivity contribution in [3.63, 3.8) is 0 Å². The average molecular weight is 532 g/mol. The number of aromatic nitrogens is 2. The lowest BCUT2D eigenvalue weighted by Gasteiger charge is -2.27. The van der Waals surface area contributed by atoms with Crippen molar-refractivity contribution in [3.05, 3.63) is 59.0 Å². The van der Waals surface area contributed by atoms with E-state index in [0.29, 0.717) is 18.7 Å². The van der Waals surface area contributed by atoms with Gasteiger partial charge in [-0.05, 0) is 48.6 Å². The Morgan fingerprint density at radius 2 is 1.94 bits per heavy atom. The maximum absolute atomic E-state index is 14.5. The zero-order chi connectivity index (χ0) is 26.3. The molecule has 8 nitrogen and oxygen atoms in total. The summed E-state index contributed by atoms with van der Waals surface area (Å²) in [6, 6.07) is 9.51. The number of sulfone groups is 1. The predicted molar refractivity (Wildman–Crippen MR) is 140 cm³/mol. The summed E-state index contributed by atoms with van der Waals surface area (Å²) in [7, 11) is -3.72. The molecule has 190 valence electrons. The van der Waals surface area contributed by atoms with Crippen molar-refractivity contribution in [1.29, 1.82) is 0 Å². The Bertz CT molecular complexity index is 1450. The summed E-state index contributed by atoms with van der Waals surface area (Å²) >= 11 is 6.24. The molecule has 1 aliphatic heterocycles. The van der Waals surface area contributed by atoms with Gasteiger partial charge in [0, 0.05) is 30.6 Å². The monoisotopic (exact) mass is 531 g/mol. The molecule has 0 bridgehead atoms. The van der Waals surface area contributed by atoms with Gasteiger partial charge in [-0.2, -0.15) is 4.98 Å². The second-order valence-electron chi connectivity index (χ2n) is 9.28. The minimum Gasteiger partial charge on any atom is -0.335 e. The maximum Gasteiger partial charge on any atom is 0.229 e. The van der Waals surface area contributed by atoms with Gasteiger partial charge in [-0.25, -0.2) is 17.8 Å². The van der Waals surface area contributed by atoms with Crippen LogP contribution in [0, 0.1) is 5.82 Å². The van der Waals surface area contributed by atoms with Crippen molar-refractivity contribution in [1.82, 2.24) is 9.97 Å². The highest BCUT2D eigenvalue weighted by atomic mass is 35.5. The standard InChI is InChI=1S/C25H27ClFN5O3S/c1-5-32-19-13-15(9-10-16(19)25(2,3)12-11-21(32)33)29-24-28-14-17(26)23(31-24)30-22-18(27)7-6-8-20(22)36(4,34)35/h6-10,13-14H,5,11-12H2,1-4H3,(H2,28,29,30,31). The van der Waals surface area contributed by atoms with E-state index in [2.05, 4.69) is 34.4 Å². The number of carbonyl (C=O) groups excluding carboxylic acids is 1. The first-order valence-corrected chi connectivity index (χ1v) is 13.7. The lowest BCUT2D eigenvalue weighted by Crippen LogP contribution is -2.29. The zero-order valence-corrected chi connectivity index (χ0v) is 22.0. The molecular formula is C25H27ClFN5O3S. The van der Waals surface area contributed by atoms with Gasteiger partial charge in [0.25, 0.3) is 0 Å². The van der Waals surface area contributed by atoms with Crippen LogP contribution in [0.1, 0.15) is 39.2 Å². The third kappa shape index (κ3) is 5.15. The number of hydrogen-bond acceptors (Lipinski definition) is 7. The number of amides is 1. The van der Waals surface area contributed by atoms with E-state index in [1.54, 1.807) is 4.90 Å². The van der Waals surface area contributed by atoms with Crippen LogP contribution in [0.25, 0.3) is 0 Å². The summed E-state index contributed by atoms with van der Waals surface area (Å²) in [5, 5.41) is 5.88. The number of nitrogens with one attached hydrogen (secondary N) is 2. The quantitative estimate of drug-likeness (QED) is 0.427. The minimum absolute atomic E-state index is 0.0328. The molecular weight excluding hydrogens is 505 g/mol. The molecule has 1 aliphatic rings. The van der Waals surface area contributed by atoms with Crippen LogP contribution >= 0.6 is 11.6 Å². The first kappa shape index (κ1) is 25.8. The smallest absolute Gasteiger partial charge is 0.229 e. The van der Waals surface area contributed by atoms with Gasteiger partial charge < -0.3 is 15.5 Å². The summed E-state index contributed by atoms with van der Waals surface area (Å²) in [6.45, 7) is 6.73. The fraction of sp³-hybridized carbons (Fsp3) is 0.320. The number of rotatable bonds is 6. The van der Waals surface area contributed by atoms with Crippen molar-refractivity contribution >= 4 is 56.2 Å². The zero-order valence-electron chi connectivity index (χ0n) is 20.4. The normalized spacial score (nSPS) is 15.3. The Labute approximate surface area is 214 Å². The fourth-order valence-corrected chi connectivity index (χ4v) is 5.26. The molecule has 1 aromatic heterocycles. The summed E-state index contributed by atoms with van der Waals surface area (Å²) in [6.07, 6.45) is 3.54. The molecule has 3 aromatic rings. The molecule has 0 saturated heterocycles. The van der Waals surface area contributed by atoms with E-state index >= 15 is 0 Å². The van der Waals surface area contributed by atoms with Crippen LogP contribution in [0.2, 0.25) is 5.02 Å². The molecule has 0 fully saturated rings. The lowest BCUT2D eigenvalue weighted by molar-refractivity contribution is -0.118. The molecule has 2 heterocycles. The SMILES string of the molecule is CCN1C(=O)CCC(C)(C)c2ccc(Nc3ncc(Cl)c(Nc4c(F)cccc4S(C)(=O)=O)n3)cc21. The van der Waals surface area contributed by atoms with E-state index < -0.39 is 15.7 Å². The number of benzene rings is 2. The molecule has 0 unspecified atom stereocenters. The van der Waals surface area contributed by atoms with Crippen LogP contribution in [-0.4, -0.2) is 37.1 Å². The van der Waals surface area contributed by atoms with Crippen LogP contribution in [0.3, 0.4) is 0 Å². The van der Waals surface area contributed by atoms with Gasteiger partial charge >= 0.3 is 0 Å². The number of para-hydroxylation sites is 1. The van der Waals surface area contributed by atoms with Gasteiger partial charge in [0.05, 0.1) is 16.8 Å². The molecule has 1 amide bonds. The highest BCUT2D eigenvalue weighted by Crippen LogP contribution is 2.41. The molecule has 0 spiro atoms. The number of anilines is 5. The topological polar surface area (TPSA) is 104 Å². The van der Waals surface area contributed by atoms with Crippen LogP contribution in [-0.2, 0) is 20.0 Å². The summed E-state index contributed by atoms with van der Waals surface area (Å²) in [5.41, 5.74) is 2.13. The second-order valence-corrected chi connectivity index (χ2v) is 11.7. The van der Waals surface area contributed by atoms with Crippen LogP contribution in [0.4, 0.5) is 33.2 Å². The van der Waals surface area contributed by atoms with Gasteiger partial charge in [0.2, 0.25) is 11.9 Å². The molecule has 0 aliphatic carbocycles. The summed E-state index contributed by atoms with van der Waals surface area (Å²) in [5.74, 6) is -0.506. The van der Waals surface area contributed by atoms with Crippen LogP contribution < -0.4 is 15.5 Å². The number of fused-ring (bicyclic) bond motifs is 1. The molecule has 36 heavy (non-hydrogen) atoms. The molecule has 0 saturated carbocycles. The van der Waals surface area contributed by atoms with Crippen LogP contribution in [0.5, 0.6) is 0 Å². The van der Waals surface area contributed by atoms with E-state index in [9.17, 15) is 17.6 Å². The molecule has 11 heteroatoms. The summed E-state index contributed by atoms with van der Waals surface area (Å²) in [4.78, 5) is 22.8.